The molecular weight excluding hydrogens is 266 g/mol. The van der Waals surface area contributed by atoms with Crippen LogP contribution in [0.25, 0.3) is 0 Å². The van der Waals surface area contributed by atoms with Crippen molar-refractivity contribution in [3.05, 3.63) is 22.9 Å². The van der Waals surface area contributed by atoms with Crippen molar-refractivity contribution >= 4 is 21.6 Å². The monoisotopic (exact) mass is 276 g/mol. The van der Waals surface area contributed by atoms with Crippen LogP contribution in [0.2, 0.25) is 0 Å². The summed E-state index contributed by atoms with van der Waals surface area (Å²) in [7, 11) is 0. The average Bonchev–Trinajstić information content (AvgIpc) is 2.16. The lowest BCUT2D eigenvalue weighted by molar-refractivity contribution is -0.0116. The molecule has 0 unspecified atom stereocenters. The van der Waals surface area contributed by atoms with Crippen LogP contribution in [0, 0.1) is 0 Å². The normalized spacial score (nSPS) is 20.3. The molecular formula is C10H11BrF2N2. The molecule has 5 heteroatoms. The summed E-state index contributed by atoms with van der Waals surface area (Å²) in [4.78, 5) is 5.66. The zero-order chi connectivity index (χ0) is 10.9. The molecule has 15 heavy (non-hydrogen) atoms. The molecule has 0 radical (unpaired) electrons. The predicted molar refractivity (Wildman–Crippen MR) is 58.3 cm³/mol. The van der Waals surface area contributed by atoms with Crippen LogP contribution in [-0.4, -0.2) is 24.0 Å². The molecule has 0 atom stereocenters. The summed E-state index contributed by atoms with van der Waals surface area (Å²) in [6.07, 6.45) is 3.78. The van der Waals surface area contributed by atoms with Gasteiger partial charge >= 0.3 is 0 Å². The minimum absolute atomic E-state index is 0.00900. The Balaban J connectivity index is 2.17. The molecule has 0 bridgehead atoms. The highest BCUT2D eigenvalue weighted by atomic mass is 79.9. The van der Waals surface area contributed by atoms with Gasteiger partial charge in [-0.05, 0) is 28.4 Å². The molecule has 2 nitrogen and oxygen atoms in total. The fraction of sp³-hybridized carbons (Fsp3) is 0.500. The summed E-state index contributed by atoms with van der Waals surface area (Å²) in [6.45, 7) is 0.471. The first-order valence-corrected chi connectivity index (χ1v) is 5.59. The average molecular weight is 277 g/mol. The largest absolute Gasteiger partial charge is 0.364 e. The second kappa shape index (κ2) is 4.04. The van der Waals surface area contributed by atoms with E-state index in [0.717, 1.165) is 10.2 Å². The number of alkyl halides is 2. The van der Waals surface area contributed by atoms with E-state index in [9.17, 15) is 8.78 Å². The Bertz CT molecular complexity index is 357. The summed E-state index contributed by atoms with van der Waals surface area (Å²) < 4.78 is 27.1. The van der Waals surface area contributed by atoms with Crippen LogP contribution in [0.1, 0.15) is 12.8 Å². The van der Waals surface area contributed by atoms with Gasteiger partial charge in [-0.3, -0.25) is 4.98 Å². The van der Waals surface area contributed by atoms with Gasteiger partial charge in [0, 0.05) is 23.6 Å². The summed E-state index contributed by atoms with van der Waals surface area (Å²) in [6, 6.07) is 1.81. The lowest BCUT2D eigenvalue weighted by Gasteiger charge is -2.33. The Morgan fingerprint density at radius 3 is 2.87 bits per heavy atom. The molecule has 1 aromatic rings. The van der Waals surface area contributed by atoms with Crippen molar-refractivity contribution in [1.82, 2.24) is 4.98 Å². The van der Waals surface area contributed by atoms with Gasteiger partial charge in [0.15, 0.2) is 0 Å². The molecule has 0 saturated carbocycles. The lowest BCUT2D eigenvalue weighted by Crippen LogP contribution is -2.42. The van der Waals surface area contributed by atoms with E-state index in [1.807, 2.05) is 6.07 Å². The minimum atomic E-state index is -2.57. The first kappa shape index (κ1) is 10.8. The standard InChI is InChI=1S/C10H11BrF2N2/c11-8-4-9(6-14-5-8)15-3-1-2-10(12,13)7-15/h4-6H,1-3,7H2. The van der Waals surface area contributed by atoms with Gasteiger partial charge in [0.1, 0.15) is 0 Å². The van der Waals surface area contributed by atoms with Crippen LogP contribution in [0.4, 0.5) is 14.5 Å². The van der Waals surface area contributed by atoms with Gasteiger partial charge in [0.05, 0.1) is 18.4 Å². The Morgan fingerprint density at radius 1 is 1.40 bits per heavy atom. The summed E-state index contributed by atoms with van der Waals surface area (Å²) >= 11 is 3.28. The van der Waals surface area contributed by atoms with E-state index in [2.05, 4.69) is 20.9 Å². The van der Waals surface area contributed by atoms with Gasteiger partial charge in [-0.1, -0.05) is 0 Å². The smallest absolute Gasteiger partial charge is 0.265 e. The van der Waals surface area contributed by atoms with Crippen molar-refractivity contribution in [2.24, 2.45) is 0 Å². The molecule has 1 aliphatic rings. The quantitative estimate of drug-likeness (QED) is 0.784. The fourth-order valence-electron chi connectivity index (χ4n) is 1.76. The van der Waals surface area contributed by atoms with E-state index in [0.29, 0.717) is 13.0 Å². The summed E-state index contributed by atoms with van der Waals surface area (Å²) in [5, 5.41) is 0. The fourth-order valence-corrected chi connectivity index (χ4v) is 2.11. The molecule has 82 valence electrons. The van der Waals surface area contributed by atoms with Crippen molar-refractivity contribution in [1.29, 1.82) is 0 Å². The second-order valence-electron chi connectivity index (χ2n) is 3.74. The maximum absolute atomic E-state index is 13.2. The molecule has 0 N–H and O–H groups in total. The zero-order valence-electron chi connectivity index (χ0n) is 8.09. The number of nitrogens with zero attached hydrogens (tertiary/aromatic N) is 2. The van der Waals surface area contributed by atoms with Gasteiger partial charge in [-0.15, -0.1) is 0 Å². The molecule has 0 aliphatic carbocycles. The Morgan fingerprint density at radius 2 is 2.20 bits per heavy atom. The number of halogens is 3. The Hall–Kier alpha value is -0.710. The maximum atomic E-state index is 13.2. The zero-order valence-corrected chi connectivity index (χ0v) is 9.67. The van der Waals surface area contributed by atoms with Gasteiger partial charge in [0.25, 0.3) is 5.92 Å². The molecule has 1 fully saturated rings. The number of piperidine rings is 1. The van der Waals surface area contributed by atoms with E-state index >= 15 is 0 Å². The third-order valence-corrected chi connectivity index (χ3v) is 2.88. The van der Waals surface area contributed by atoms with E-state index in [1.165, 1.54) is 0 Å². The molecule has 1 aromatic heterocycles. The van der Waals surface area contributed by atoms with Crippen molar-refractivity contribution in [3.63, 3.8) is 0 Å². The number of pyridine rings is 1. The van der Waals surface area contributed by atoms with Gasteiger partial charge in [-0.25, -0.2) is 8.78 Å². The molecule has 0 aromatic carbocycles. The van der Waals surface area contributed by atoms with E-state index in [4.69, 9.17) is 0 Å². The molecule has 0 amide bonds. The van der Waals surface area contributed by atoms with Crippen molar-refractivity contribution < 1.29 is 8.78 Å². The summed E-state index contributed by atoms with van der Waals surface area (Å²) in [5.74, 6) is -2.57. The number of rotatable bonds is 1. The van der Waals surface area contributed by atoms with Gasteiger partial charge in [0.2, 0.25) is 0 Å². The van der Waals surface area contributed by atoms with Crippen molar-refractivity contribution in [3.8, 4) is 0 Å². The SMILES string of the molecule is FC1(F)CCCN(c2cncc(Br)c2)C1. The summed E-state index contributed by atoms with van der Waals surface area (Å²) in [5.41, 5.74) is 0.753. The minimum Gasteiger partial charge on any atom is -0.364 e. The van der Waals surface area contributed by atoms with Crippen LogP contribution in [0.5, 0.6) is 0 Å². The van der Waals surface area contributed by atoms with Crippen LogP contribution >= 0.6 is 15.9 Å². The first-order valence-electron chi connectivity index (χ1n) is 4.80. The van der Waals surface area contributed by atoms with E-state index in [1.54, 1.807) is 17.3 Å². The van der Waals surface area contributed by atoms with Crippen LogP contribution < -0.4 is 4.90 Å². The molecule has 2 heterocycles. The highest BCUT2D eigenvalue weighted by Gasteiger charge is 2.35. The highest BCUT2D eigenvalue weighted by Crippen LogP contribution is 2.30. The molecule has 0 spiro atoms. The predicted octanol–water partition coefficient (Wildman–Crippen LogP) is 3.08. The maximum Gasteiger partial charge on any atom is 0.265 e. The molecule has 1 saturated heterocycles. The topological polar surface area (TPSA) is 16.1 Å². The number of anilines is 1. The third kappa shape index (κ3) is 2.65. The van der Waals surface area contributed by atoms with E-state index in [-0.39, 0.29) is 13.0 Å². The second-order valence-corrected chi connectivity index (χ2v) is 4.66. The number of hydrogen-bond donors (Lipinski definition) is 0. The van der Waals surface area contributed by atoms with Crippen LogP contribution in [0.15, 0.2) is 22.9 Å². The van der Waals surface area contributed by atoms with Crippen molar-refractivity contribution in [2.45, 2.75) is 18.8 Å². The molecule has 2 rings (SSSR count). The van der Waals surface area contributed by atoms with Crippen LogP contribution in [0.3, 0.4) is 0 Å². The van der Waals surface area contributed by atoms with Crippen molar-refractivity contribution in [2.75, 3.05) is 18.0 Å². The van der Waals surface area contributed by atoms with Gasteiger partial charge < -0.3 is 4.90 Å². The van der Waals surface area contributed by atoms with Gasteiger partial charge in [-0.2, -0.15) is 0 Å². The molecule has 1 aliphatic heterocycles. The number of hydrogen-bond acceptors (Lipinski definition) is 2. The Labute approximate surface area is 95.4 Å². The highest BCUT2D eigenvalue weighted by molar-refractivity contribution is 9.10. The van der Waals surface area contributed by atoms with Crippen LogP contribution in [-0.2, 0) is 0 Å². The Kier molecular flexibility index (Phi) is 2.91. The first-order chi connectivity index (χ1) is 7.07. The number of aromatic nitrogens is 1. The third-order valence-electron chi connectivity index (χ3n) is 2.45. The lowest BCUT2D eigenvalue weighted by atomic mass is 10.1. The van der Waals surface area contributed by atoms with E-state index < -0.39 is 5.92 Å².